The van der Waals surface area contributed by atoms with Crippen LogP contribution in [0.2, 0.25) is 0 Å². The quantitative estimate of drug-likeness (QED) is 0.495. The number of hydrogen-bond donors (Lipinski definition) is 2. The van der Waals surface area contributed by atoms with Gasteiger partial charge in [0.15, 0.2) is 0 Å². The number of anilines is 1. The number of hydrogen-bond acceptors (Lipinski definition) is 5. The first-order chi connectivity index (χ1) is 10.1. The Morgan fingerprint density at radius 1 is 1.43 bits per heavy atom. The van der Waals surface area contributed by atoms with Crippen molar-refractivity contribution in [3.63, 3.8) is 0 Å². The van der Waals surface area contributed by atoms with E-state index in [0.717, 1.165) is 31.1 Å². The van der Waals surface area contributed by atoms with Crippen LogP contribution in [0.15, 0.2) is 18.2 Å². The van der Waals surface area contributed by atoms with Gasteiger partial charge in [-0.05, 0) is 49.9 Å². The summed E-state index contributed by atoms with van der Waals surface area (Å²) in [6.07, 6.45) is 4.98. The average Bonchev–Trinajstić information content (AvgIpc) is 2.72. The van der Waals surface area contributed by atoms with Gasteiger partial charge in [0.1, 0.15) is 5.69 Å². The van der Waals surface area contributed by atoms with Crippen LogP contribution in [0.4, 0.5) is 11.4 Å². The third kappa shape index (κ3) is 4.15. The van der Waals surface area contributed by atoms with E-state index in [4.69, 9.17) is 5.84 Å². The fraction of sp³-hybridized carbons (Fsp3) is 0.600. The molecule has 0 amide bonds. The zero-order chi connectivity index (χ0) is 15.2. The number of rotatable bonds is 5. The molecule has 1 heterocycles. The van der Waals surface area contributed by atoms with E-state index in [9.17, 15) is 10.1 Å². The van der Waals surface area contributed by atoms with Crippen molar-refractivity contribution in [2.24, 2.45) is 11.8 Å². The molecule has 0 saturated carbocycles. The number of likely N-dealkylation sites (tertiary alicyclic amines) is 1. The predicted octanol–water partition coefficient (Wildman–Crippen LogP) is 2.89. The molecule has 1 aromatic rings. The highest BCUT2D eigenvalue weighted by molar-refractivity contribution is 5.61. The second-order valence-electron chi connectivity index (χ2n) is 5.73. The minimum absolute atomic E-state index is 0.0382. The second kappa shape index (κ2) is 7.38. The highest BCUT2D eigenvalue weighted by Crippen LogP contribution is 2.26. The van der Waals surface area contributed by atoms with Crippen molar-refractivity contribution in [3.05, 3.63) is 33.9 Å². The zero-order valence-corrected chi connectivity index (χ0v) is 12.5. The van der Waals surface area contributed by atoms with Gasteiger partial charge in [-0.2, -0.15) is 0 Å². The topological polar surface area (TPSA) is 84.4 Å². The summed E-state index contributed by atoms with van der Waals surface area (Å²) >= 11 is 0. The standard InChI is InChI=1S/C15H24N4O2/c1-2-12-4-3-8-18(9-7-12)11-13-5-6-14(17-16)15(10-13)19(20)21/h5-6,10,12,17H,2-4,7-9,11,16H2,1H3. The van der Waals surface area contributed by atoms with Crippen molar-refractivity contribution in [1.82, 2.24) is 4.90 Å². The third-order valence-corrected chi connectivity index (χ3v) is 4.34. The molecule has 0 aliphatic carbocycles. The first-order valence-corrected chi connectivity index (χ1v) is 7.60. The summed E-state index contributed by atoms with van der Waals surface area (Å²) in [6, 6.07) is 5.21. The molecule has 6 nitrogen and oxygen atoms in total. The molecule has 1 saturated heterocycles. The van der Waals surface area contributed by atoms with Crippen LogP contribution in [0.3, 0.4) is 0 Å². The maximum absolute atomic E-state index is 11.1. The molecule has 6 heteroatoms. The molecular weight excluding hydrogens is 268 g/mol. The number of benzene rings is 1. The van der Waals surface area contributed by atoms with E-state index in [0.29, 0.717) is 5.69 Å². The Balaban J connectivity index is 2.05. The first-order valence-electron chi connectivity index (χ1n) is 7.60. The molecule has 3 N–H and O–H groups in total. The van der Waals surface area contributed by atoms with Crippen molar-refractivity contribution in [3.8, 4) is 0 Å². The molecule has 0 spiro atoms. The Bertz CT molecular complexity index is 493. The van der Waals surface area contributed by atoms with Crippen LogP contribution in [0, 0.1) is 16.0 Å². The number of nitrogen functional groups attached to an aromatic ring is 1. The van der Waals surface area contributed by atoms with Gasteiger partial charge in [0.05, 0.1) is 4.92 Å². The van der Waals surface area contributed by atoms with Crippen LogP contribution in [-0.2, 0) is 6.54 Å². The number of hydrazine groups is 1. The number of nitro benzene ring substituents is 1. The van der Waals surface area contributed by atoms with Crippen LogP contribution in [0.1, 0.15) is 38.2 Å². The SMILES string of the molecule is CCC1CCCN(Cc2ccc(NN)c([N+](=O)[O-])c2)CC1. The third-order valence-electron chi connectivity index (χ3n) is 4.34. The van der Waals surface area contributed by atoms with Crippen LogP contribution >= 0.6 is 0 Å². The number of nitro groups is 1. The van der Waals surface area contributed by atoms with Crippen LogP contribution < -0.4 is 11.3 Å². The molecule has 0 aromatic heterocycles. The summed E-state index contributed by atoms with van der Waals surface area (Å²) in [6.45, 7) is 5.16. The fourth-order valence-electron chi connectivity index (χ4n) is 3.00. The van der Waals surface area contributed by atoms with Crippen molar-refractivity contribution < 1.29 is 4.92 Å². The summed E-state index contributed by atoms with van der Waals surface area (Å²) in [7, 11) is 0. The highest BCUT2D eigenvalue weighted by Gasteiger charge is 2.18. The molecule has 21 heavy (non-hydrogen) atoms. The summed E-state index contributed by atoms with van der Waals surface area (Å²) in [5.41, 5.74) is 3.73. The Morgan fingerprint density at radius 2 is 2.24 bits per heavy atom. The van der Waals surface area contributed by atoms with E-state index in [1.165, 1.54) is 25.7 Å². The number of nitrogens with zero attached hydrogens (tertiary/aromatic N) is 2. The lowest BCUT2D eigenvalue weighted by atomic mass is 9.98. The van der Waals surface area contributed by atoms with Crippen molar-refractivity contribution >= 4 is 11.4 Å². The van der Waals surface area contributed by atoms with Crippen LogP contribution in [0.25, 0.3) is 0 Å². The molecular formula is C15H24N4O2. The molecule has 1 aromatic carbocycles. The second-order valence-corrected chi connectivity index (χ2v) is 5.73. The smallest absolute Gasteiger partial charge is 0.293 e. The van der Waals surface area contributed by atoms with E-state index < -0.39 is 4.92 Å². The monoisotopic (exact) mass is 292 g/mol. The predicted molar refractivity (Wildman–Crippen MR) is 83.8 cm³/mol. The van der Waals surface area contributed by atoms with E-state index >= 15 is 0 Å². The maximum Gasteiger partial charge on any atom is 0.293 e. The molecule has 1 aliphatic heterocycles. The van der Waals surface area contributed by atoms with Crippen LogP contribution in [0.5, 0.6) is 0 Å². The van der Waals surface area contributed by atoms with Crippen molar-refractivity contribution in [1.29, 1.82) is 0 Å². The Labute approximate surface area is 125 Å². The van der Waals surface area contributed by atoms with Gasteiger partial charge < -0.3 is 5.43 Å². The van der Waals surface area contributed by atoms with Gasteiger partial charge >= 0.3 is 0 Å². The normalized spacial score (nSPS) is 20.0. The molecule has 2 rings (SSSR count). The van der Waals surface area contributed by atoms with E-state index in [2.05, 4.69) is 17.2 Å². The number of nitrogens with one attached hydrogen (secondary N) is 1. The Kier molecular flexibility index (Phi) is 5.52. The lowest BCUT2D eigenvalue weighted by Crippen LogP contribution is -2.24. The average molecular weight is 292 g/mol. The van der Waals surface area contributed by atoms with Gasteiger partial charge in [0.25, 0.3) is 5.69 Å². The minimum Gasteiger partial charge on any atom is -0.318 e. The highest BCUT2D eigenvalue weighted by atomic mass is 16.6. The summed E-state index contributed by atoms with van der Waals surface area (Å²) in [4.78, 5) is 13.1. The zero-order valence-electron chi connectivity index (χ0n) is 12.5. The summed E-state index contributed by atoms with van der Waals surface area (Å²) < 4.78 is 0. The van der Waals surface area contributed by atoms with Crippen LogP contribution in [-0.4, -0.2) is 22.9 Å². The lowest BCUT2D eigenvalue weighted by molar-refractivity contribution is -0.384. The van der Waals surface area contributed by atoms with Gasteiger partial charge in [-0.1, -0.05) is 19.4 Å². The number of nitrogens with two attached hydrogens (primary N) is 1. The molecule has 1 aliphatic rings. The van der Waals surface area contributed by atoms with Gasteiger partial charge in [0.2, 0.25) is 0 Å². The summed E-state index contributed by atoms with van der Waals surface area (Å²) in [5, 5.41) is 11.1. The van der Waals surface area contributed by atoms with Gasteiger partial charge in [-0.25, -0.2) is 0 Å². The van der Waals surface area contributed by atoms with Gasteiger partial charge in [0, 0.05) is 12.6 Å². The summed E-state index contributed by atoms with van der Waals surface area (Å²) in [5.74, 6) is 6.14. The van der Waals surface area contributed by atoms with Crippen molar-refractivity contribution in [2.45, 2.75) is 39.2 Å². The molecule has 1 unspecified atom stereocenters. The van der Waals surface area contributed by atoms with Gasteiger partial charge in [-0.15, -0.1) is 0 Å². The van der Waals surface area contributed by atoms with Gasteiger partial charge in [-0.3, -0.25) is 20.9 Å². The largest absolute Gasteiger partial charge is 0.318 e. The minimum atomic E-state index is -0.395. The first kappa shape index (κ1) is 15.7. The van der Waals surface area contributed by atoms with E-state index in [-0.39, 0.29) is 5.69 Å². The molecule has 1 fully saturated rings. The van der Waals surface area contributed by atoms with E-state index in [1.807, 2.05) is 6.07 Å². The molecule has 116 valence electrons. The maximum atomic E-state index is 11.1. The van der Waals surface area contributed by atoms with Crippen molar-refractivity contribution in [2.75, 3.05) is 18.5 Å². The fourth-order valence-corrected chi connectivity index (χ4v) is 3.00. The molecule has 0 bridgehead atoms. The molecule has 0 radical (unpaired) electrons. The molecule has 1 atom stereocenters. The lowest BCUT2D eigenvalue weighted by Gasteiger charge is -2.20. The Morgan fingerprint density at radius 3 is 2.90 bits per heavy atom. The Hall–Kier alpha value is -1.66. The van der Waals surface area contributed by atoms with E-state index in [1.54, 1.807) is 12.1 Å².